The average Bonchev–Trinajstić information content (AvgIpc) is 2.99. The van der Waals surface area contributed by atoms with Crippen LogP contribution in [-0.2, 0) is 0 Å². The molecule has 0 radical (unpaired) electrons. The van der Waals surface area contributed by atoms with Crippen molar-refractivity contribution in [2.24, 2.45) is 23.6 Å². The summed E-state index contributed by atoms with van der Waals surface area (Å²) in [6, 6.07) is 3.55. The summed E-state index contributed by atoms with van der Waals surface area (Å²) >= 11 is 0. The lowest BCUT2D eigenvalue weighted by Crippen LogP contribution is -2.32. The van der Waals surface area contributed by atoms with Crippen LogP contribution in [0.4, 0.5) is 8.78 Å². The molecule has 19 heavy (non-hydrogen) atoms. The lowest BCUT2D eigenvalue weighted by atomic mass is 9.83. The maximum atomic E-state index is 13.8. The molecule has 3 N–H and O–H groups in total. The molecule has 0 spiro atoms. The van der Waals surface area contributed by atoms with Crippen LogP contribution in [0.3, 0.4) is 0 Å². The van der Waals surface area contributed by atoms with Gasteiger partial charge in [0.15, 0.2) is 0 Å². The van der Waals surface area contributed by atoms with Crippen molar-refractivity contribution in [2.45, 2.75) is 38.1 Å². The molecular formula is C15H20F2N2. The molecule has 0 aromatic heterocycles. The Morgan fingerprint density at radius 3 is 2.47 bits per heavy atom. The highest BCUT2D eigenvalue weighted by Crippen LogP contribution is 2.51. The molecule has 2 bridgehead atoms. The SMILES string of the molecule is NNC(CC1CC2CCC1C2)c1c(F)cccc1F. The summed E-state index contributed by atoms with van der Waals surface area (Å²) in [4.78, 5) is 0. The molecule has 4 unspecified atom stereocenters. The molecule has 4 atom stereocenters. The summed E-state index contributed by atoms with van der Waals surface area (Å²) in [6.45, 7) is 0. The highest BCUT2D eigenvalue weighted by atomic mass is 19.1. The molecule has 3 rings (SSSR count). The second kappa shape index (κ2) is 5.17. The van der Waals surface area contributed by atoms with Crippen molar-refractivity contribution in [1.29, 1.82) is 0 Å². The topological polar surface area (TPSA) is 38.0 Å². The van der Waals surface area contributed by atoms with Gasteiger partial charge in [-0.2, -0.15) is 0 Å². The Hall–Kier alpha value is -1.00. The van der Waals surface area contributed by atoms with Crippen LogP contribution >= 0.6 is 0 Å². The molecule has 4 heteroatoms. The van der Waals surface area contributed by atoms with Gasteiger partial charge < -0.3 is 0 Å². The zero-order chi connectivity index (χ0) is 13.4. The molecule has 2 fully saturated rings. The van der Waals surface area contributed by atoms with E-state index in [0.717, 1.165) is 18.3 Å². The van der Waals surface area contributed by atoms with Crippen LogP contribution in [-0.4, -0.2) is 0 Å². The van der Waals surface area contributed by atoms with Crippen molar-refractivity contribution in [2.75, 3.05) is 0 Å². The van der Waals surface area contributed by atoms with Gasteiger partial charge in [0.05, 0.1) is 6.04 Å². The van der Waals surface area contributed by atoms with Crippen molar-refractivity contribution in [3.63, 3.8) is 0 Å². The summed E-state index contributed by atoms with van der Waals surface area (Å²) in [6.07, 6.45) is 5.82. The Bertz CT molecular complexity index is 443. The van der Waals surface area contributed by atoms with E-state index in [0.29, 0.717) is 5.92 Å². The number of nitrogens with two attached hydrogens (primary N) is 1. The number of rotatable bonds is 4. The van der Waals surface area contributed by atoms with Gasteiger partial charge in [0.2, 0.25) is 0 Å². The third-order valence-electron chi connectivity index (χ3n) is 4.97. The van der Waals surface area contributed by atoms with Gasteiger partial charge in [-0.15, -0.1) is 0 Å². The fourth-order valence-electron chi connectivity index (χ4n) is 4.08. The van der Waals surface area contributed by atoms with Crippen molar-refractivity contribution in [3.05, 3.63) is 35.4 Å². The normalized spacial score (nSPS) is 30.8. The van der Waals surface area contributed by atoms with Crippen LogP contribution in [0, 0.1) is 29.4 Å². The van der Waals surface area contributed by atoms with Gasteiger partial charge in [-0.05, 0) is 55.6 Å². The van der Waals surface area contributed by atoms with E-state index in [2.05, 4.69) is 5.43 Å². The van der Waals surface area contributed by atoms with Gasteiger partial charge in [-0.25, -0.2) is 8.78 Å². The van der Waals surface area contributed by atoms with Gasteiger partial charge in [0.25, 0.3) is 0 Å². The Balaban J connectivity index is 1.77. The lowest BCUT2D eigenvalue weighted by molar-refractivity contribution is 0.274. The van der Waals surface area contributed by atoms with E-state index in [1.807, 2.05) is 0 Å². The van der Waals surface area contributed by atoms with E-state index in [4.69, 9.17) is 5.84 Å². The van der Waals surface area contributed by atoms with E-state index in [1.54, 1.807) is 0 Å². The van der Waals surface area contributed by atoms with Crippen LogP contribution in [0.25, 0.3) is 0 Å². The van der Waals surface area contributed by atoms with E-state index in [9.17, 15) is 8.78 Å². The Labute approximate surface area is 112 Å². The smallest absolute Gasteiger partial charge is 0.130 e. The minimum atomic E-state index is -0.508. The predicted octanol–water partition coefficient (Wildman–Crippen LogP) is 3.30. The van der Waals surface area contributed by atoms with Gasteiger partial charge in [-0.1, -0.05) is 12.5 Å². The van der Waals surface area contributed by atoms with Gasteiger partial charge in [-0.3, -0.25) is 11.3 Å². The average molecular weight is 266 g/mol. The van der Waals surface area contributed by atoms with Crippen LogP contribution < -0.4 is 11.3 Å². The minimum Gasteiger partial charge on any atom is -0.271 e. The third-order valence-corrected chi connectivity index (χ3v) is 4.97. The number of fused-ring (bicyclic) bond motifs is 2. The lowest BCUT2D eigenvalue weighted by Gasteiger charge is -2.27. The summed E-state index contributed by atoms with van der Waals surface area (Å²) in [5, 5.41) is 0. The molecule has 2 nitrogen and oxygen atoms in total. The van der Waals surface area contributed by atoms with E-state index >= 15 is 0 Å². The first kappa shape index (κ1) is 13.0. The molecule has 0 amide bonds. The predicted molar refractivity (Wildman–Crippen MR) is 70.0 cm³/mol. The molecule has 0 aliphatic heterocycles. The van der Waals surface area contributed by atoms with Gasteiger partial charge in [0, 0.05) is 5.56 Å². The second-order valence-corrected chi connectivity index (χ2v) is 6.03. The summed E-state index contributed by atoms with van der Waals surface area (Å²) in [7, 11) is 0. The van der Waals surface area contributed by atoms with E-state index in [1.165, 1.54) is 43.9 Å². The molecule has 1 aromatic carbocycles. The first-order valence-corrected chi connectivity index (χ1v) is 7.09. The van der Waals surface area contributed by atoms with Crippen molar-refractivity contribution < 1.29 is 8.78 Å². The largest absolute Gasteiger partial charge is 0.271 e. The fourth-order valence-corrected chi connectivity index (χ4v) is 4.08. The number of benzene rings is 1. The van der Waals surface area contributed by atoms with Crippen molar-refractivity contribution >= 4 is 0 Å². The van der Waals surface area contributed by atoms with Crippen molar-refractivity contribution in [3.8, 4) is 0 Å². The standard InChI is InChI=1S/C15H20F2N2/c16-12-2-1-3-13(17)15(12)14(19-18)8-11-7-9-4-5-10(11)6-9/h1-3,9-11,14,19H,4-8,18H2. The molecule has 104 valence electrons. The summed E-state index contributed by atoms with van der Waals surface area (Å²) in [5.41, 5.74) is 2.70. The number of nitrogens with one attached hydrogen (secondary N) is 1. The molecule has 2 aliphatic rings. The maximum absolute atomic E-state index is 13.8. The summed E-state index contributed by atoms with van der Waals surface area (Å²) < 4.78 is 27.6. The molecule has 2 saturated carbocycles. The molecular weight excluding hydrogens is 246 g/mol. The second-order valence-electron chi connectivity index (χ2n) is 6.03. The molecule has 1 aromatic rings. The highest BCUT2D eigenvalue weighted by molar-refractivity contribution is 5.23. The Morgan fingerprint density at radius 2 is 1.95 bits per heavy atom. The third kappa shape index (κ3) is 2.39. The van der Waals surface area contributed by atoms with Gasteiger partial charge in [0.1, 0.15) is 11.6 Å². The Morgan fingerprint density at radius 1 is 1.21 bits per heavy atom. The number of halogens is 2. The summed E-state index contributed by atoms with van der Waals surface area (Å²) in [5.74, 6) is 6.64. The zero-order valence-electron chi connectivity index (χ0n) is 10.9. The first-order chi connectivity index (χ1) is 9.19. The van der Waals surface area contributed by atoms with Crippen LogP contribution in [0.15, 0.2) is 18.2 Å². The number of hydrogen-bond acceptors (Lipinski definition) is 2. The van der Waals surface area contributed by atoms with Crippen LogP contribution in [0.1, 0.15) is 43.7 Å². The zero-order valence-corrected chi connectivity index (χ0v) is 10.9. The molecule has 0 heterocycles. The minimum absolute atomic E-state index is 0.0905. The highest BCUT2D eigenvalue weighted by Gasteiger charge is 2.40. The van der Waals surface area contributed by atoms with Crippen LogP contribution in [0.5, 0.6) is 0 Å². The monoisotopic (exact) mass is 266 g/mol. The van der Waals surface area contributed by atoms with Crippen molar-refractivity contribution in [1.82, 2.24) is 5.43 Å². The number of hydrazine groups is 1. The molecule has 2 aliphatic carbocycles. The number of hydrogen-bond donors (Lipinski definition) is 2. The molecule has 0 saturated heterocycles. The fraction of sp³-hybridized carbons (Fsp3) is 0.600. The Kier molecular flexibility index (Phi) is 3.54. The van der Waals surface area contributed by atoms with E-state index in [-0.39, 0.29) is 5.56 Å². The van der Waals surface area contributed by atoms with Gasteiger partial charge >= 0.3 is 0 Å². The van der Waals surface area contributed by atoms with E-state index < -0.39 is 17.7 Å². The maximum Gasteiger partial charge on any atom is 0.130 e. The first-order valence-electron chi connectivity index (χ1n) is 7.09. The quantitative estimate of drug-likeness (QED) is 0.648. The van der Waals surface area contributed by atoms with Crippen LogP contribution in [0.2, 0.25) is 0 Å².